The average Bonchev–Trinajstić information content (AvgIpc) is 2.41. The lowest BCUT2D eigenvalue weighted by Crippen LogP contribution is -2.02. The monoisotopic (exact) mass is 306 g/mol. The first-order chi connectivity index (χ1) is 9.93. The summed E-state index contributed by atoms with van der Waals surface area (Å²) in [7, 11) is 1.42. The van der Waals surface area contributed by atoms with Gasteiger partial charge in [-0.15, -0.1) is 0 Å². The Bertz CT molecular complexity index is 943. The zero-order valence-corrected chi connectivity index (χ0v) is 12.0. The van der Waals surface area contributed by atoms with Crippen LogP contribution >= 0.6 is 11.6 Å². The summed E-state index contributed by atoms with van der Waals surface area (Å²) in [5.41, 5.74) is 0.195. The molecule has 6 heteroatoms. The molecule has 0 aliphatic heterocycles. The molecule has 108 valence electrons. The number of hydrogen-bond donors (Lipinski definition) is 2. The summed E-state index contributed by atoms with van der Waals surface area (Å²) in [6, 6.07) is 4.46. The number of aromatic hydroxyl groups is 2. The molecule has 0 saturated carbocycles. The maximum absolute atomic E-state index is 12.1. The molecule has 3 rings (SSSR count). The van der Waals surface area contributed by atoms with Gasteiger partial charge in [-0.2, -0.15) is 0 Å². The zero-order valence-electron chi connectivity index (χ0n) is 11.2. The SMILES string of the molecule is COc1cc2c(c(O)c1Cl)c(=O)oc1cc(O)cc(C)c12. The predicted octanol–water partition coefficient (Wildman–Crippen LogP) is 3.33. The number of aryl methyl sites for hydroxylation is 1. The number of phenols is 2. The highest BCUT2D eigenvalue weighted by molar-refractivity contribution is 6.35. The van der Waals surface area contributed by atoms with Crippen molar-refractivity contribution in [3.63, 3.8) is 0 Å². The second-order valence-corrected chi connectivity index (χ2v) is 5.07. The van der Waals surface area contributed by atoms with E-state index in [0.29, 0.717) is 16.3 Å². The van der Waals surface area contributed by atoms with E-state index in [4.69, 9.17) is 20.8 Å². The summed E-state index contributed by atoms with van der Waals surface area (Å²) in [6.07, 6.45) is 0. The Balaban J connectivity index is 2.67. The Morgan fingerprint density at radius 2 is 1.90 bits per heavy atom. The van der Waals surface area contributed by atoms with Crippen LogP contribution in [-0.4, -0.2) is 17.3 Å². The van der Waals surface area contributed by atoms with Gasteiger partial charge in [0.1, 0.15) is 27.5 Å². The standard InChI is InChI=1S/C15H11ClO5/c1-6-3-7(17)4-9-11(6)8-5-10(20-2)13(16)14(18)12(8)15(19)21-9/h3-5,17-18H,1-2H3. The van der Waals surface area contributed by atoms with E-state index in [1.807, 2.05) is 0 Å². The molecule has 0 unspecified atom stereocenters. The highest BCUT2D eigenvalue weighted by atomic mass is 35.5. The number of phenolic OH excluding ortho intramolecular Hbond substituents is 2. The highest BCUT2D eigenvalue weighted by Gasteiger charge is 2.19. The van der Waals surface area contributed by atoms with Crippen LogP contribution in [0.1, 0.15) is 5.56 Å². The lowest BCUT2D eigenvalue weighted by molar-refractivity contribution is 0.409. The Morgan fingerprint density at radius 3 is 2.57 bits per heavy atom. The lowest BCUT2D eigenvalue weighted by Gasteiger charge is -2.11. The molecule has 0 saturated heterocycles. The minimum absolute atomic E-state index is 0.00681. The zero-order chi connectivity index (χ0) is 15.3. The van der Waals surface area contributed by atoms with Crippen molar-refractivity contribution in [3.05, 3.63) is 39.2 Å². The molecule has 0 radical (unpaired) electrons. The van der Waals surface area contributed by atoms with Crippen LogP contribution in [0.25, 0.3) is 21.7 Å². The van der Waals surface area contributed by atoms with Gasteiger partial charge in [-0.1, -0.05) is 11.6 Å². The molecule has 1 aromatic heterocycles. The van der Waals surface area contributed by atoms with E-state index >= 15 is 0 Å². The van der Waals surface area contributed by atoms with Crippen molar-refractivity contribution in [2.75, 3.05) is 7.11 Å². The Labute approximate surface area is 123 Å². The van der Waals surface area contributed by atoms with Crippen molar-refractivity contribution in [2.24, 2.45) is 0 Å². The van der Waals surface area contributed by atoms with Gasteiger partial charge in [0.25, 0.3) is 0 Å². The molecule has 0 spiro atoms. The van der Waals surface area contributed by atoms with Crippen molar-refractivity contribution >= 4 is 33.3 Å². The maximum Gasteiger partial charge on any atom is 0.348 e. The van der Waals surface area contributed by atoms with Crippen LogP contribution in [0, 0.1) is 6.92 Å². The summed E-state index contributed by atoms with van der Waals surface area (Å²) in [6.45, 7) is 1.76. The Morgan fingerprint density at radius 1 is 1.19 bits per heavy atom. The van der Waals surface area contributed by atoms with E-state index in [2.05, 4.69) is 0 Å². The lowest BCUT2D eigenvalue weighted by atomic mass is 10.0. The summed E-state index contributed by atoms with van der Waals surface area (Å²) in [5.74, 6) is -0.136. The van der Waals surface area contributed by atoms with Gasteiger partial charge < -0.3 is 19.4 Å². The van der Waals surface area contributed by atoms with Gasteiger partial charge in [0, 0.05) is 16.8 Å². The summed E-state index contributed by atoms with van der Waals surface area (Å²) in [5, 5.41) is 20.8. The van der Waals surface area contributed by atoms with Gasteiger partial charge in [0.15, 0.2) is 5.75 Å². The van der Waals surface area contributed by atoms with Crippen molar-refractivity contribution in [1.29, 1.82) is 0 Å². The van der Waals surface area contributed by atoms with Gasteiger partial charge in [-0.05, 0) is 24.6 Å². The van der Waals surface area contributed by atoms with Gasteiger partial charge in [0.2, 0.25) is 0 Å². The topological polar surface area (TPSA) is 79.9 Å². The van der Waals surface area contributed by atoms with Crippen molar-refractivity contribution in [3.8, 4) is 17.2 Å². The minimum atomic E-state index is -0.732. The fourth-order valence-electron chi connectivity index (χ4n) is 2.49. The van der Waals surface area contributed by atoms with E-state index in [9.17, 15) is 15.0 Å². The van der Waals surface area contributed by atoms with Gasteiger partial charge >= 0.3 is 5.63 Å². The summed E-state index contributed by atoms with van der Waals surface area (Å²) >= 11 is 5.96. The number of hydrogen-bond acceptors (Lipinski definition) is 5. The molecule has 21 heavy (non-hydrogen) atoms. The van der Waals surface area contributed by atoms with Gasteiger partial charge in [-0.25, -0.2) is 4.79 Å². The number of rotatable bonds is 1. The van der Waals surface area contributed by atoms with Crippen LogP contribution in [0.5, 0.6) is 17.2 Å². The molecule has 2 aromatic carbocycles. The van der Waals surface area contributed by atoms with E-state index in [1.165, 1.54) is 13.2 Å². The smallest absolute Gasteiger partial charge is 0.348 e. The second-order valence-electron chi connectivity index (χ2n) is 4.69. The number of ether oxygens (including phenoxy) is 1. The van der Waals surface area contributed by atoms with Crippen LogP contribution in [-0.2, 0) is 0 Å². The molecule has 5 nitrogen and oxygen atoms in total. The normalized spacial score (nSPS) is 11.2. The number of benzene rings is 2. The van der Waals surface area contributed by atoms with Crippen LogP contribution in [0.3, 0.4) is 0 Å². The molecule has 0 amide bonds. The van der Waals surface area contributed by atoms with Crippen LogP contribution < -0.4 is 10.4 Å². The van der Waals surface area contributed by atoms with Crippen molar-refractivity contribution < 1.29 is 19.4 Å². The van der Waals surface area contributed by atoms with E-state index < -0.39 is 5.63 Å². The van der Waals surface area contributed by atoms with Crippen molar-refractivity contribution in [1.82, 2.24) is 0 Å². The molecular formula is C15H11ClO5. The van der Waals surface area contributed by atoms with Crippen LogP contribution in [0.4, 0.5) is 0 Å². The third kappa shape index (κ3) is 1.89. The fourth-order valence-corrected chi connectivity index (χ4v) is 2.71. The van der Waals surface area contributed by atoms with E-state index in [0.717, 1.165) is 0 Å². The quantitative estimate of drug-likeness (QED) is 0.532. The molecule has 1 heterocycles. The van der Waals surface area contributed by atoms with E-state index in [1.54, 1.807) is 19.1 Å². The first-order valence-corrected chi connectivity index (χ1v) is 6.47. The third-order valence-corrected chi connectivity index (χ3v) is 3.75. The largest absolute Gasteiger partial charge is 0.508 e. The molecule has 0 atom stereocenters. The Hall–Kier alpha value is -2.40. The van der Waals surface area contributed by atoms with Crippen LogP contribution in [0.2, 0.25) is 5.02 Å². The molecule has 0 fully saturated rings. The first-order valence-electron chi connectivity index (χ1n) is 6.09. The maximum atomic E-state index is 12.1. The molecule has 3 aromatic rings. The highest BCUT2D eigenvalue weighted by Crippen LogP contribution is 2.41. The average molecular weight is 307 g/mol. The van der Waals surface area contributed by atoms with Gasteiger partial charge in [0.05, 0.1) is 7.11 Å². The molecule has 0 bridgehead atoms. The molecule has 0 aliphatic rings. The van der Waals surface area contributed by atoms with Crippen molar-refractivity contribution in [2.45, 2.75) is 6.92 Å². The molecule has 2 N–H and O–H groups in total. The van der Waals surface area contributed by atoms with Crippen LogP contribution in [0.15, 0.2) is 27.4 Å². The number of fused-ring (bicyclic) bond motifs is 3. The molecule has 0 aliphatic carbocycles. The Kier molecular flexibility index (Phi) is 2.95. The summed E-state index contributed by atoms with van der Waals surface area (Å²) < 4.78 is 10.3. The third-order valence-electron chi connectivity index (χ3n) is 3.39. The number of methoxy groups -OCH3 is 1. The number of halogens is 1. The first kappa shape index (κ1) is 13.6. The molecular weight excluding hydrogens is 296 g/mol. The summed E-state index contributed by atoms with van der Waals surface area (Å²) in [4.78, 5) is 12.1. The minimum Gasteiger partial charge on any atom is -0.508 e. The van der Waals surface area contributed by atoms with Gasteiger partial charge in [-0.3, -0.25) is 0 Å². The second kappa shape index (κ2) is 4.56. The predicted molar refractivity (Wildman–Crippen MR) is 79.6 cm³/mol. The fraction of sp³-hybridized carbons (Fsp3) is 0.133. The van der Waals surface area contributed by atoms with E-state index in [-0.39, 0.29) is 33.2 Å².